The second-order valence-corrected chi connectivity index (χ2v) is 5.28. The van der Waals surface area contributed by atoms with E-state index in [4.69, 9.17) is 9.47 Å². The summed E-state index contributed by atoms with van der Waals surface area (Å²) in [5.74, 6) is 0. The van der Waals surface area contributed by atoms with Crippen molar-refractivity contribution in [2.24, 2.45) is 0 Å². The lowest BCUT2D eigenvalue weighted by atomic mass is 10.2. The maximum atomic E-state index is 5.48. The molecule has 1 aromatic carbocycles. The number of hydrogen-bond acceptors (Lipinski definition) is 3. The summed E-state index contributed by atoms with van der Waals surface area (Å²) < 4.78 is 12.2. The second kappa shape index (κ2) is 9.72. The fourth-order valence-electron chi connectivity index (χ4n) is 1.64. The van der Waals surface area contributed by atoms with Crippen LogP contribution in [-0.4, -0.2) is 37.9 Å². The molecular weight excluding hydrogens is 341 g/mol. The zero-order chi connectivity index (χ0) is 13.2. The molecule has 1 aromatic rings. The molecule has 0 radical (unpaired) electrons. The molecule has 0 amide bonds. The molecule has 0 N–H and O–H groups in total. The smallest absolute Gasteiger partial charge is 0.147 e. The van der Waals surface area contributed by atoms with E-state index in [0.29, 0.717) is 13.4 Å². The fourth-order valence-corrected chi connectivity index (χ4v) is 2.25. The van der Waals surface area contributed by atoms with Crippen LogP contribution >= 0.6 is 22.6 Å². The van der Waals surface area contributed by atoms with Gasteiger partial charge in [-0.2, -0.15) is 0 Å². The largest absolute Gasteiger partial charge is 0.354 e. The van der Waals surface area contributed by atoms with Crippen LogP contribution in [0.15, 0.2) is 24.3 Å². The minimum atomic E-state index is 0.368. The van der Waals surface area contributed by atoms with Crippen LogP contribution in [0.25, 0.3) is 0 Å². The summed E-state index contributed by atoms with van der Waals surface area (Å²) in [5.41, 5.74) is 1.19. The first kappa shape index (κ1) is 15.9. The lowest BCUT2D eigenvalue weighted by Crippen LogP contribution is -2.27. The molecule has 0 fully saturated rings. The third kappa shape index (κ3) is 6.68. The number of benzene rings is 1. The summed E-state index contributed by atoms with van der Waals surface area (Å²) in [5, 5.41) is 0. The minimum Gasteiger partial charge on any atom is -0.354 e. The Balaban J connectivity index is 2.05. The topological polar surface area (TPSA) is 21.7 Å². The quantitative estimate of drug-likeness (QED) is 0.382. The van der Waals surface area contributed by atoms with E-state index in [1.54, 1.807) is 0 Å². The Kier molecular flexibility index (Phi) is 8.58. The zero-order valence-electron chi connectivity index (χ0n) is 11.2. The second-order valence-electron chi connectivity index (χ2n) is 4.03. The van der Waals surface area contributed by atoms with E-state index in [9.17, 15) is 0 Å². The standard InChI is InChI=1S/C14H22INO2/c1-3-16(4-2)8-9-17-12-18-11-13-6-5-7-14(15)10-13/h5-7,10H,3-4,8-9,11-12H2,1-2H3. The van der Waals surface area contributed by atoms with Crippen LogP contribution in [0, 0.1) is 3.57 Å². The van der Waals surface area contributed by atoms with E-state index in [2.05, 4.69) is 59.5 Å². The Hall–Kier alpha value is -0.170. The number of halogens is 1. The van der Waals surface area contributed by atoms with E-state index in [1.807, 2.05) is 6.07 Å². The first-order valence-corrected chi connectivity index (χ1v) is 7.46. The molecular formula is C14H22INO2. The van der Waals surface area contributed by atoms with Crippen molar-refractivity contribution in [3.05, 3.63) is 33.4 Å². The Morgan fingerprint density at radius 1 is 1.17 bits per heavy atom. The van der Waals surface area contributed by atoms with Crippen LogP contribution in [0.4, 0.5) is 0 Å². The normalized spacial score (nSPS) is 11.1. The van der Waals surface area contributed by atoms with Crippen molar-refractivity contribution in [2.45, 2.75) is 20.5 Å². The Bertz CT molecular complexity index is 329. The molecule has 0 aliphatic rings. The van der Waals surface area contributed by atoms with Crippen molar-refractivity contribution < 1.29 is 9.47 Å². The van der Waals surface area contributed by atoms with E-state index < -0.39 is 0 Å². The lowest BCUT2D eigenvalue weighted by molar-refractivity contribution is -0.0653. The van der Waals surface area contributed by atoms with E-state index >= 15 is 0 Å². The fraction of sp³-hybridized carbons (Fsp3) is 0.571. The van der Waals surface area contributed by atoms with Crippen molar-refractivity contribution in [3.63, 3.8) is 0 Å². The van der Waals surface area contributed by atoms with E-state index in [-0.39, 0.29) is 0 Å². The highest BCUT2D eigenvalue weighted by Crippen LogP contribution is 2.08. The van der Waals surface area contributed by atoms with Crippen LogP contribution in [0.3, 0.4) is 0 Å². The van der Waals surface area contributed by atoms with Crippen LogP contribution in [0.5, 0.6) is 0 Å². The number of likely N-dealkylation sites (N-methyl/N-ethyl adjacent to an activating group) is 1. The molecule has 0 saturated carbocycles. The number of hydrogen-bond donors (Lipinski definition) is 0. The molecule has 0 saturated heterocycles. The van der Waals surface area contributed by atoms with Crippen molar-refractivity contribution in [1.29, 1.82) is 0 Å². The monoisotopic (exact) mass is 363 g/mol. The summed E-state index contributed by atoms with van der Waals surface area (Å²) in [6.45, 7) is 9.16. The van der Waals surface area contributed by atoms with E-state index in [1.165, 1.54) is 9.13 Å². The van der Waals surface area contributed by atoms with Gasteiger partial charge in [-0.15, -0.1) is 0 Å². The third-order valence-electron chi connectivity index (χ3n) is 2.77. The molecule has 0 spiro atoms. The van der Waals surface area contributed by atoms with Gasteiger partial charge >= 0.3 is 0 Å². The van der Waals surface area contributed by atoms with Gasteiger partial charge in [-0.05, 0) is 53.4 Å². The molecule has 0 heterocycles. The maximum Gasteiger partial charge on any atom is 0.147 e. The third-order valence-corrected chi connectivity index (χ3v) is 3.44. The average molecular weight is 363 g/mol. The van der Waals surface area contributed by atoms with Gasteiger partial charge in [0.2, 0.25) is 0 Å². The molecule has 0 unspecified atom stereocenters. The summed E-state index contributed by atoms with van der Waals surface area (Å²) in [6, 6.07) is 8.31. The number of ether oxygens (including phenoxy) is 2. The van der Waals surface area contributed by atoms with Crippen LogP contribution in [0.2, 0.25) is 0 Å². The predicted octanol–water partition coefficient (Wildman–Crippen LogP) is 3.12. The van der Waals surface area contributed by atoms with Gasteiger partial charge in [0, 0.05) is 10.1 Å². The van der Waals surface area contributed by atoms with Crippen molar-refractivity contribution in [1.82, 2.24) is 4.90 Å². The molecule has 102 valence electrons. The highest BCUT2D eigenvalue weighted by molar-refractivity contribution is 14.1. The Labute approximate surface area is 124 Å². The Morgan fingerprint density at radius 2 is 1.94 bits per heavy atom. The van der Waals surface area contributed by atoms with Gasteiger partial charge < -0.3 is 14.4 Å². The number of rotatable bonds is 9. The van der Waals surface area contributed by atoms with Gasteiger partial charge in [-0.25, -0.2) is 0 Å². The molecule has 0 bridgehead atoms. The van der Waals surface area contributed by atoms with Gasteiger partial charge in [0.1, 0.15) is 6.79 Å². The zero-order valence-corrected chi connectivity index (χ0v) is 13.4. The first-order chi connectivity index (χ1) is 8.76. The molecule has 0 atom stereocenters. The molecule has 0 aliphatic heterocycles. The Morgan fingerprint density at radius 3 is 2.61 bits per heavy atom. The molecule has 0 aliphatic carbocycles. The minimum absolute atomic E-state index is 0.368. The average Bonchev–Trinajstić information content (AvgIpc) is 2.38. The van der Waals surface area contributed by atoms with Crippen LogP contribution in [-0.2, 0) is 16.1 Å². The highest BCUT2D eigenvalue weighted by atomic mass is 127. The summed E-state index contributed by atoms with van der Waals surface area (Å²) in [7, 11) is 0. The summed E-state index contributed by atoms with van der Waals surface area (Å²) >= 11 is 2.30. The van der Waals surface area contributed by atoms with Gasteiger partial charge in [-0.3, -0.25) is 0 Å². The van der Waals surface area contributed by atoms with Gasteiger partial charge in [-0.1, -0.05) is 26.0 Å². The SMILES string of the molecule is CCN(CC)CCOCOCc1cccc(I)c1. The first-order valence-electron chi connectivity index (χ1n) is 6.38. The van der Waals surface area contributed by atoms with Gasteiger partial charge in [0.25, 0.3) is 0 Å². The lowest BCUT2D eigenvalue weighted by Gasteiger charge is -2.17. The molecule has 1 rings (SSSR count). The molecule has 18 heavy (non-hydrogen) atoms. The van der Waals surface area contributed by atoms with Crippen molar-refractivity contribution in [2.75, 3.05) is 33.0 Å². The summed E-state index contributed by atoms with van der Waals surface area (Å²) in [6.07, 6.45) is 0. The maximum absolute atomic E-state index is 5.48. The van der Waals surface area contributed by atoms with Crippen molar-refractivity contribution in [3.8, 4) is 0 Å². The summed E-state index contributed by atoms with van der Waals surface area (Å²) in [4.78, 5) is 2.33. The molecule has 3 nitrogen and oxygen atoms in total. The number of nitrogens with zero attached hydrogens (tertiary/aromatic N) is 1. The highest BCUT2D eigenvalue weighted by Gasteiger charge is 1.98. The van der Waals surface area contributed by atoms with Crippen LogP contribution in [0.1, 0.15) is 19.4 Å². The van der Waals surface area contributed by atoms with E-state index in [0.717, 1.165) is 26.2 Å². The predicted molar refractivity (Wildman–Crippen MR) is 82.6 cm³/mol. The molecule has 4 heteroatoms. The van der Waals surface area contributed by atoms with Gasteiger partial charge in [0.05, 0.1) is 13.2 Å². The van der Waals surface area contributed by atoms with Gasteiger partial charge in [0.15, 0.2) is 0 Å². The van der Waals surface area contributed by atoms with Crippen LogP contribution < -0.4 is 0 Å². The van der Waals surface area contributed by atoms with Crippen molar-refractivity contribution >= 4 is 22.6 Å². The molecule has 0 aromatic heterocycles.